The van der Waals surface area contributed by atoms with Crippen molar-refractivity contribution < 1.29 is 4.79 Å². The number of hydrogen-bond acceptors (Lipinski definition) is 2. The van der Waals surface area contributed by atoms with Gasteiger partial charge in [-0.2, -0.15) is 0 Å². The number of aromatic nitrogens is 1. The van der Waals surface area contributed by atoms with E-state index in [0.29, 0.717) is 17.3 Å². The third-order valence-electron chi connectivity index (χ3n) is 2.66. The molecule has 0 fully saturated rings. The van der Waals surface area contributed by atoms with E-state index in [4.69, 9.17) is 11.6 Å². The number of rotatable bonds is 3. The minimum atomic E-state index is -0.284. The van der Waals surface area contributed by atoms with Crippen LogP contribution in [0, 0.1) is 6.92 Å². The molecule has 0 spiro atoms. The van der Waals surface area contributed by atoms with E-state index in [1.54, 1.807) is 18.5 Å². The van der Waals surface area contributed by atoms with Gasteiger partial charge in [-0.05, 0) is 36.2 Å². The summed E-state index contributed by atoms with van der Waals surface area (Å²) in [6.07, 6.45) is 3.38. The Labute approximate surface area is 116 Å². The molecule has 0 aliphatic heterocycles. The lowest BCUT2D eigenvalue weighted by atomic mass is 10.2. The Hall–Kier alpha value is -2.07. The van der Waals surface area contributed by atoms with Crippen LogP contribution < -0.4 is 10.6 Å². The normalized spacial score (nSPS) is 10.0. The van der Waals surface area contributed by atoms with E-state index in [9.17, 15) is 4.79 Å². The van der Waals surface area contributed by atoms with Gasteiger partial charge >= 0.3 is 6.03 Å². The fraction of sp³-hybridized carbons (Fsp3) is 0.143. The highest BCUT2D eigenvalue weighted by molar-refractivity contribution is 6.33. The zero-order valence-corrected chi connectivity index (χ0v) is 11.2. The Kier molecular flexibility index (Phi) is 4.36. The zero-order chi connectivity index (χ0) is 13.7. The molecule has 98 valence electrons. The standard InChI is InChI=1S/C14H14ClN3O/c1-10-3-2-4-12(15)13(10)18-14(19)17-9-11-5-7-16-8-6-11/h2-8H,9H2,1H3,(H2,17,18,19). The molecular weight excluding hydrogens is 262 g/mol. The number of para-hydroxylation sites is 1. The molecule has 5 heteroatoms. The van der Waals surface area contributed by atoms with E-state index in [1.165, 1.54) is 0 Å². The predicted octanol–water partition coefficient (Wildman–Crippen LogP) is 3.37. The van der Waals surface area contributed by atoms with Crippen molar-refractivity contribution >= 4 is 23.3 Å². The molecule has 4 nitrogen and oxygen atoms in total. The number of urea groups is 1. The monoisotopic (exact) mass is 275 g/mol. The van der Waals surface area contributed by atoms with Crippen LogP contribution in [0.2, 0.25) is 5.02 Å². The zero-order valence-electron chi connectivity index (χ0n) is 10.5. The number of amides is 2. The number of benzene rings is 1. The highest BCUT2D eigenvalue weighted by Gasteiger charge is 2.07. The van der Waals surface area contributed by atoms with Crippen molar-refractivity contribution in [3.05, 3.63) is 58.9 Å². The Morgan fingerprint density at radius 1 is 1.26 bits per heavy atom. The second-order valence-electron chi connectivity index (χ2n) is 4.09. The summed E-state index contributed by atoms with van der Waals surface area (Å²) in [5.41, 5.74) is 2.55. The van der Waals surface area contributed by atoms with Gasteiger partial charge in [0.15, 0.2) is 0 Å². The average Bonchev–Trinajstić information content (AvgIpc) is 2.42. The maximum absolute atomic E-state index is 11.8. The summed E-state index contributed by atoms with van der Waals surface area (Å²) in [6, 6.07) is 8.89. The number of nitrogens with one attached hydrogen (secondary N) is 2. The molecule has 2 aromatic rings. The number of carbonyl (C=O) groups excluding carboxylic acids is 1. The summed E-state index contributed by atoms with van der Waals surface area (Å²) in [6.45, 7) is 2.34. The van der Waals surface area contributed by atoms with Crippen LogP contribution in [0.1, 0.15) is 11.1 Å². The number of anilines is 1. The highest BCUT2D eigenvalue weighted by atomic mass is 35.5. The molecule has 1 aromatic heterocycles. The summed E-state index contributed by atoms with van der Waals surface area (Å²) < 4.78 is 0. The smallest absolute Gasteiger partial charge is 0.319 e. The molecule has 0 aliphatic rings. The fourth-order valence-electron chi connectivity index (χ4n) is 1.63. The topological polar surface area (TPSA) is 54.0 Å². The SMILES string of the molecule is Cc1cccc(Cl)c1NC(=O)NCc1ccncc1. The molecule has 19 heavy (non-hydrogen) atoms. The molecule has 0 saturated carbocycles. The molecule has 0 bridgehead atoms. The predicted molar refractivity (Wildman–Crippen MR) is 76.3 cm³/mol. The summed E-state index contributed by atoms with van der Waals surface area (Å²) in [7, 11) is 0. The molecule has 2 N–H and O–H groups in total. The van der Waals surface area contributed by atoms with Crippen molar-refractivity contribution in [1.29, 1.82) is 0 Å². The number of pyridine rings is 1. The molecule has 2 rings (SSSR count). The molecule has 0 atom stereocenters. The summed E-state index contributed by atoms with van der Waals surface area (Å²) in [5, 5.41) is 6.04. The Morgan fingerprint density at radius 3 is 2.68 bits per heavy atom. The van der Waals surface area contributed by atoms with Gasteiger partial charge in [0, 0.05) is 18.9 Å². The van der Waals surface area contributed by atoms with Crippen molar-refractivity contribution in [3.63, 3.8) is 0 Å². The van der Waals surface area contributed by atoms with Gasteiger partial charge in [0.25, 0.3) is 0 Å². The largest absolute Gasteiger partial charge is 0.334 e. The van der Waals surface area contributed by atoms with Crippen molar-refractivity contribution in [2.24, 2.45) is 0 Å². The second-order valence-corrected chi connectivity index (χ2v) is 4.50. The molecule has 0 saturated heterocycles. The van der Waals surface area contributed by atoms with Crippen molar-refractivity contribution in [1.82, 2.24) is 10.3 Å². The number of carbonyl (C=O) groups is 1. The van der Waals surface area contributed by atoms with Crippen LogP contribution in [0.25, 0.3) is 0 Å². The van der Waals surface area contributed by atoms with Crippen LogP contribution in [-0.4, -0.2) is 11.0 Å². The molecule has 1 aromatic carbocycles. The van der Waals surface area contributed by atoms with Gasteiger partial charge in [0.2, 0.25) is 0 Å². The van der Waals surface area contributed by atoms with Crippen molar-refractivity contribution in [3.8, 4) is 0 Å². The summed E-state index contributed by atoms with van der Waals surface area (Å²) >= 11 is 6.04. The Morgan fingerprint density at radius 2 is 2.00 bits per heavy atom. The number of aryl methyl sites for hydroxylation is 1. The van der Waals surface area contributed by atoms with Crippen LogP contribution in [0.4, 0.5) is 10.5 Å². The fourth-order valence-corrected chi connectivity index (χ4v) is 1.90. The van der Waals surface area contributed by atoms with Crippen LogP contribution in [0.15, 0.2) is 42.7 Å². The maximum Gasteiger partial charge on any atom is 0.319 e. The van der Waals surface area contributed by atoms with Crippen molar-refractivity contribution in [2.45, 2.75) is 13.5 Å². The van der Waals surface area contributed by atoms with Gasteiger partial charge in [-0.3, -0.25) is 4.98 Å². The Balaban J connectivity index is 1.95. The van der Waals surface area contributed by atoms with Gasteiger partial charge in [0.05, 0.1) is 10.7 Å². The van der Waals surface area contributed by atoms with Crippen LogP contribution in [0.5, 0.6) is 0 Å². The van der Waals surface area contributed by atoms with Gasteiger partial charge in [-0.1, -0.05) is 23.7 Å². The highest BCUT2D eigenvalue weighted by Crippen LogP contribution is 2.24. The number of hydrogen-bond donors (Lipinski definition) is 2. The maximum atomic E-state index is 11.8. The van der Waals surface area contributed by atoms with Gasteiger partial charge < -0.3 is 10.6 Å². The van der Waals surface area contributed by atoms with E-state index in [0.717, 1.165) is 11.1 Å². The minimum Gasteiger partial charge on any atom is -0.334 e. The lowest BCUT2D eigenvalue weighted by Gasteiger charge is -2.11. The number of halogens is 1. The summed E-state index contributed by atoms with van der Waals surface area (Å²) in [4.78, 5) is 15.7. The third-order valence-corrected chi connectivity index (χ3v) is 2.98. The Bertz CT molecular complexity index is 552. The lowest BCUT2D eigenvalue weighted by Crippen LogP contribution is -2.28. The first kappa shape index (κ1) is 13.4. The average molecular weight is 276 g/mol. The third kappa shape index (κ3) is 3.69. The van der Waals surface area contributed by atoms with Crippen molar-refractivity contribution in [2.75, 3.05) is 5.32 Å². The first-order valence-corrected chi connectivity index (χ1v) is 6.23. The minimum absolute atomic E-state index is 0.284. The van der Waals surface area contributed by atoms with E-state index in [1.807, 2.05) is 31.2 Å². The van der Waals surface area contributed by atoms with Gasteiger partial charge in [-0.15, -0.1) is 0 Å². The van der Waals surface area contributed by atoms with Gasteiger partial charge in [0.1, 0.15) is 0 Å². The van der Waals surface area contributed by atoms with Gasteiger partial charge in [-0.25, -0.2) is 4.79 Å². The van der Waals surface area contributed by atoms with Crippen LogP contribution in [0.3, 0.4) is 0 Å². The summed E-state index contributed by atoms with van der Waals surface area (Å²) in [5.74, 6) is 0. The molecule has 2 amide bonds. The quantitative estimate of drug-likeness (QED) is 0.902. The molecule has 0 unspecified atom stereocenters. The molecule has 0 radical (unpaired) electrons. The van der Waals surface area contributed by atoms with E-state index < -0.39 is 0 Å². The second kappa shape index (κ2) is 6.20. The molecular formula is C14H14ClN3O. The van der Waals surface area contributed by atoms with E-state index >= 15 is 0 Å². The van der Waals surface area contributed by atoms with E-state index in [2.05, 4.69) is 15.6 Å². The molecule has 0 aliphatic carbocycles. The van der Waals surface area contributed by atoms with Crippen LogP contribution in [-0.2, 0) is 6.54 Å². The van der Waals surface area contributed by atoms with E-state index in [-0.39, 0.29) is 6.03 Å². The first-order chi connectivity index (χ1) is 9.16. The molecule has 1 heterocycles. The number of nitrogens with zero attached hydrogens (tertiary/aromatic N) is 1. The first-order valence-electron chi connectivity index (χ1n) is 5.85. The van der Waals surface area contributed by atoms with Crippen LogP contribution >= 0.6 is 11.6 Å². The lowest BCUT2D eigenvalue weighted by molar-refractivity contribution is 0.251.